The predicted molar refractivity (Wildman–Crippen MR) is 77.0 cm³/mol. The van der Waals surface area contributed by atoms with E-state index in [1.807, 2.05) is 0 Å². The molecule has 0 aromatic rings. The topological polar surface area (TPSA) is 93.5 Å². The Morgan fingerprint density at radius 3 is 2.65 bits per heavy atom. The van der Waals surface area contributed by atoms with E-state index in [9.17, 15) is 9.59 Å². The van der Waals surface area contributed by atoms with Crippen molar-refractivity contribution in [3.05, 3.63) is 0 Å². The third-order valence-corrected chi connectivity index (χ3v) is 3.83. The molecule has 116 valence electrons. The summed E-state index contributed by atoms with van der Waals surface area (Å²) in [5.74, 6) is 0.288. The van der Waals surface area contributed by atoms with E-state index in [0.717, 1.165) is 25.7 Å². The van der Waals surface area contributed by atoms with Gasteiger partial charge in [0, 0.05) is 32.5 Å². The summed E-state index contributed by atoms with van der Waals surface area (Å²) in [5, 5.41) is 5.57. The van der Waals surface area contributed by atoms with Gasteiger partial charge >= 0.3 is 0 Å². The van der Waals surface area contributed by atoms with E-state index in [-0.39, 0.29) is 17.7 Å². The molecule has 2 unspecified atom stereocenters. The molecule has 0 aromatic carbocycles. The summed E-state index contributed by atoms with van der Waals surface area (Å²) in [7, 11) is 1.59. The molecule has 0 saturated heterocycles. The zero-order chi connectivity index (χ0) is 14.8. The van der Waals surface area contributed by atoms with E-state index in [4.69, 9.17) is 10.5 Å². The number of ether oxygens (including phenoxy) is 1. The number of hydrogen-bond acceptors (Lipinski definition) is 4. The van der Waals surface area contributed by atoms with E-state index in [1.54, 1.807) is 7.11 Å². The minimum absolute atomic E-state index is 0.0188. The molecule has 1 saturated carbocycles. The van der Waals surface area contributed by atoms with E-state index in [2.05, 4.69) is 10.6 Å². The van der Waals surface area contributed by atoms with Gasteiger partial charge in [-0.1, -0.05) is 12.8 Å². The van der Waals surface area contributed by atoms with Crippen LogP contribution in [0.4, 0.5) is 0 Å². The number of methoxy groups -OCH3 is 1. The number of nitrogens with two attached hydrogens (primary N) is 1. The highest BCUT2D eigenvalue weighted by Crippen LogP contribution is 2.29. The summed E-state index contributed by atoms with van der Waals surface area (Å²) in [6.45, 7) is 1.94. The minimum atomic E-state index is -0.0682. The van der Waals surface area contributed by atoms with Crippen LogP contribution in [0, 0.1) is 11.8 Å². The first-order valence-electron chi connectivity index (χ1n) is 7.42. The van der Waals surface area contributed by atoms with Gasteiger partial charge in [-0.25, -0.2) is 0 Å². The molecule has 2 amide bonds. The standard InChI is InChI=1S/C14H27N3O3/c1-20-9-8-16-13(18)6-7-17-14(19)12-5-3-2-4-11(12)10-15/h11-12H,2-10,15H2,1H3,(H,16,18)(H,17,19). The van der Waals surface area contributed by atoms with Crippen molar-refractivity contribution < 1.29 is 14.3 Å². The largest absolute Gasteiger partial charge is 0.383 e. The lowest BCUT2D eigenvalue weighted by Crippen LogP contribution is -2.40. The molecule has 2 atom stereocenters. The molecule has 1 fully saturated rings. The molecule has 6 nitrogen and oxygen atoms in total. The van der Waals surface area contributed by atoms with Crippen LogP contribution in [0.2, 0.25) is 0 Å². The second kappa shape index (κ2) is 9.72. The number of rotatable bonds is 8. The summed E-state index contributed by atoms with van der Waals surface area (Å²) >= 11 is 0. The maximum absolute atomic E-state index is 12.1. The summed E-state index contributed by atoms with van der Waals surface area (Å²) in [5.41, 5.74) is 5.72. The number of carbonyl (C=O) groups is 2. The molecule has 4 N–H and O–H groups in total. The third-order valence-electron chi connectivity index (χ3n) is 3.83. The molecule has 0 aliphatic heterocycles. The SMILES string of the molecule is COCCNC(=O)CCNC(=O)C1CCCCC1CN. The number of carbonyl (C=O) groups excluding carboxylic acids is 2. The minimum Gasteiger partial charge on any atom is -0.383 e. The van der Waals surface area contributed by atoms with Crippen molar-refractivity contribution in [2.45, 2.75) is 32.1 Å². The predicted octanol–water partition coefficient (Wildman–Crippen LogP) is 0.0204. The first-order valence-corrected chi connectivity index (χ1v) is 7.42. The first kappa shape index (κ1) is 16.9. The Kier molecular flexibility index (Phi) is 8.22. The maximum atomic E-state index is 12.1. The third kappa shape index (κ3) is 5.88. The van der Waals surface area contributed by atoms with Crippen molar-refractivity contribution in [1.82, 2.24) is 10.6 Å². The van der Waals surface area contributed by atoms with Gasteiger partial charge in [0.05, 0.1) is 6.61 Å². The molecule has 0 heterocycles. The van der Waals surface area contributed by atoms with E-state index in [1.165, 1.54) is 0 Å². The maximum Gasteiger partial charge on any atom is 0.223 e. The molecule has 1 rings (SSSR count). The van der Waals surface area contributed by atoms with Crippen LogP contribution in [0.3, 0.4) is 0 Å². The Morgan fingerprint density at radius 2 is 1.95 bits per heavy atom. The Hall–Kier alpha value is -1.14. The van der Waals surface area contributed by atoms with Gasteiger partial charge in [-0.2, -0.15) is 0 Å². The van der Waals surface area contributed by atoms with E-state index >= 15 is 0 Å². The molecule has 20 heavy (non-hydrogen) atoms. The number of nitrogens with one attached hydrogen (secondary N) is 2. The molecule has 0 bridgehead atoms. The summed E-state index contributed by atoms with van der Waals surface area (Å²) < 4.78 is 4.84. The van der Waals surface area contributed by atoms with Crippen LogP contribution in [0.5, 0.6) is 0 Å². The number of amides is 2. The Labute approximate surface area is 120 Å². The van der Waals surface area contributed by atoms with Gasteiger partial charge < -0.3 is 21.1 Å². The fourth-order valence-corrected chi connectivity index (χ4v) is 2.65. The van der Waals surface area contributed by atoms with Crippen LogP contribution in [-0.4, -0.2) is 45.2 Å². The second-order valence-electron chi connectivity index (χ2n) is 5.27. The highest BCUT2D eigenvalue weighted by Gasteiger charge is 2.29. The van der Waals surface area contributed by atoms with Crippen LogP contribution in [0.25, 0.3) is 0 Å². The Bertz CT molecular complexity index is 310. The van der Waals surface area contributed by atoms with Crippen LogP contribution in [0.1, 0.15) is 32.1 Å². The smallest absolute Gasteiger partial charge is 0.223 e. The summed E-state index contributed by atoms with van der Waals surface area (Å²) in [6.07, 6.45) is 4.49. The Balaban J connectivity index is 2.20. The molecule has 6 heteroatoms. The molecule has 1 aliphatic carbocycles. The highest BCUT2D eigenvalue weighted by molar-refractivity contribution is 5.80. The molecular formula is C14H27N3O3. The number of hydrogen-bond donors (Lipinski definition) is 3. The van der Waals surface area contributed by atoms with Gasteiger partial charge in [0.25, 0.3) is 0 Å². The van der Waals surface area contributed by atoms with E-state index < -0.39 is 0 Å². The average molecular weight is 285 g/mol. The van der Waals surface area contributed by atoms with E-state index in [0.29, 0.717) is 38.6 Å². The molecule has 0 radical (unpaired) electrons. The monoisotopic (exact) mass is 285 g/mol. The van der Waals surface area contributed by atoms with Crippen molar-refractivity contribution >= 4 is 11.8 Å². The second-order valence-corrected chi connectivity index (χ2v) is 5.27. The Morgan fingerprint density at radius 1 is 1.20 bits per heavy atom. The fourth-order valence-electron chi connectivity index (χ4n) is 2.65. The quantitative estimate of drug-likeness (QED) is 0.548. The molecule has 0 aromatic heterocycles. The zero-order valence-electron chi connectivity index (χ0n) is 12.3. The highest BCUT2D eigenvalue weighted by atomic mass is 16.5. The summed E-state index contributed by atoms with van der Waals surface area (Å²) in [4.78, 5) is 23.5. The van der Waals surface area contributed by atoms with Crippen molar-refractivity contribution in [3.8, 4) is 0 Å². The lowest BCUT2D eigenvalue weighted by Gasteiger charge is -2.29. The van der Waals surface area contributed by atoms with Crippen molar-refractivity contribution in [2.24, 2.45) is 17.6 Å². The lowest BCUT2D eigenvalue weighted by atomic mass is 9.79. The zero-order valence-corrected chi connectivity index (χ0v) is 12.3. The van der Waals surface area contributed by atoms with Gasteiger partial charge in [-0.15, -0.1) is 0 Å². The lowest BCUT2D eigenvalue weighted by molar-refractivity contribution is -0.127. The van der Waals surface area contributed by atoms with Gasteiger partial charge in [-0.3, -0.25) is 9.59 Å². The van der Waals surface area contributed by atoms with Crippen LogP contribution >= 0.6 is 0 Å². The average Bonchev–Trinajstić information content (AvgIpc) is 2.47. The van der Waals surface area contributed by atoms with Gasteiger partial charge in [0.2, 0.25) is 11.8 Å². The van der Waals surface area contributed by atoms with Crippen molar-refractivity contribution in [2.75, 3.05) is 33.4 Å². The van der Waals surface area contributed by atoms with Gasteiger partial charge in [-0.05, 0) is 25.3 Å². The van der Waals surface area contributed by atoms with Crippen LogP contribution in [-0.2, 0) is 14.3 Å². The normalized spacial score (nSPS) is 22.3. The van der Waals surface area contributed by atoms with Gasteiger partial charge in [0.1, 0.15) is 0 Å². The van der Waals surface area contributed by atoms with Gasteiger partial charge in [0.15, 0.2) is 0 Å². The fraction of sp³-hybridized carbons (Fsp3) is 0.857. The van der Waals surface area contributed by atoms with Crippen molar-refractivity contribution in [3.63, 3.8) is 0 Å². The van der Waals surface area contributed by atoms with Crippen LogP contribution in [0.15, 0.2) is 0 Å². The first-order chi connectivity index (χ1) is 9.69. The molecule has 0 spiro atoms. The molecular weight excluding hydrogens is 258 g/mol. The summed E-state index contributed by atoms with van der Waals surface area (Å²) in [6, 6.07) is 0. The van der Waals surface area contributed by atoms with Crippen molar-refractivity contribution in [1.29, 1.82) is 0 Å². The van der Waals surface area contributed by atoms with Crippen LogP contribution < -0.4 is 16.4 Å². The molecule has 1 aliphatic rings.